The number of aryl methyl sites for hydroxylation is 1. The third-order valence-corrected chi connectivity index (χ3v) is 5.65. The number of benzene rings is 3. The van der Waals surface area contributed by atoms with E-state index in [1.165, 1.54) is 0 Å². The molecule has 0 fully saturated rings. The van der Waals surface area contributed by atoms with Gasteiger partial charge in [0.1, 0.15) is 17.9 Å². The van der Waals surface area contributed by atoms with Crippen molar-refractivity contribution < 1.29 is 9.15 Å². The van der Waals surface area contributed by atoms with Crippen LogP contribution in [-0.4, -0.2) is 0 Å². The van der Waals surface area contributed by atoms with Crippen LogP contribution in [0.1, 0.15) is 11.1 Å². The van der Waals surface area contributed by atoms with E-state index in [9.17, 15) is 4.79 Å². The summed E-state index contributed by atoms with van der Waals surface area (Å²) in [7, 11) is 0. The summed E-state index contributed by atoms with van der Waals surface area (Å²) in [5.74, 6) is 0.588. The van der Waals surface area contributed by atoms with Gasteiger partial charge in [0, 0.05) is 16.5 Å². The highest BCUT2D eigenvalue weighted by Crippen LogP contribution is 2.30. The van der Waals surface area contributed by atoms with Crippen molar-refractivity contribution in [2.75, 3.05) is 0 Å². The molecule has 0 aliphatic heterocycles. The van der Waals surface area contributed by atoms with Gasteiger partial charge in [-0.25, -0.2) is 4.79 Å². The van der Waals surface area contributed by atoms with Crippen LogP contribution in [0.4, 0.5) is 0 Å². The third kappa shape index (κ3) is 4.13. The molecule has 0 saturated carbocycles. The molecule has 4 aromatic rings. The lowest BCUT2D eigenvalue weighted by molar-refractivity contribution is 0.306. The molecule has 0 atom stereocenters. The maximum absolute atomic E-state index is 12.6. The Balaban J connectivity index is 1.66. The summed E-state index contributed by atoms with van der Waals surface area (Å²) in [5, 5.41) is 2.43. The average molecular weight is 446 g/mol. The molecule has 4 rings (SSSR count). The normalized spacial score (nSPS) is 11.0. The minimum atomic E-state index is -0.404. The second-order valence-corrected chi connectivity index (χ2v) is 7.84. The first-order chi connectivity index (χ1) is 13.9. The SMILES string of the molecule is Cc1c(-c2ccc(Cl)cc2)c(=O)oc2cc(OCc3ccc(Cl)c(Cl)c3)ccc12. The standard InChI is InChI=1S/C23H15Cl3O3/c1-13-18-8-7-17(28-12-14-2-9-19(25)20(26)10-14)11-21(18)29-23(27)22(13)15-3-5-16(24)6-4-15/h2-11H,12H2,1H3. The monoisotopic (exact) mass is 444 g/mol. The van der Waals surface area contributed by atoms with Crippen molar-refractivity contribution in [1.29, 1.82) is 0 Å². The summed E-state index contributed by atoms with van der Waals surface area (Å²) in [4.78, 5) is 12.6. The maximum atomic E-state index is 12.6. The van der Waals surface area contributed by atoms with Crippen molar-refractivity contribution in [3.8, 4) is 16.9 Å². The van der Waals surface area contributed by atoms with Crippen molar-refractivity contribution in [1.82, 2.24) is 0 Å². The van der Waals surface area contributed by atoms with Crippen LogP contribution in [0.2, 0.25) is 15.1 Å². The highest BCUT2D eigenvalue weighted by Gasteiger charge is 2.14. The van der Waals surface area contributed by atoms with Crippen LogP contribution in [0, 0.1) is 6.92 Å². The van der Waals surface area contributed by atoms with Gasteiger partial charge in [-0.15, -0.1) is 0 Å². The quantitative estimate of drug-likeness (QED) is 0.309. The molecule has 0 aliphatic carbocycles. The van der Waals surface area contributed by atoms with Gasteiger partial charge in [-0.3, -0.25) is 0 Å². The molecule has 0 unspecified atom stereocenters. The number of halogens is 3. The molecule has 0 bridgehead atoms. The summed E-state index contributed by atoms with van der Waals surface area (Å²) in [5.41, 5.74) is 3.08. The van der Waals surface area contributed by atoms with Crippen molar-refractivity contribution in [2.45, 2.75) is 13.5 Å². The topological polar surface area (TPSA) is 39.4 Å². The number of hydrogen-bond acceptors (Lipinski definition) is 3. The molecule has 29 heavy (non-hydrogen) atoms. The van der Waals surface area contributed by atoms with Gasteiger partial charge in [-0.2, -0.15) is 0 Å². The van der Waals surface area contributed by atoms with Crippen molar-refractivity contribution in [3.63, 3.8) is 0 Å². The molecule has 0 N–H and O–H groups in total. The smallest absolute Gasteiger partial charge is 0.344 e. The molecule has 3 aromatic carbocycles. The predicted octanol–water partition coefficient (Wildman–Crippen LogP) is 7.31. The summed E-state index contributed by atoms with van der Waals surface area (Å²) < 4.78 is 11.4. The second kappa shape index (κ2) is 8.11. The van der Waals surface area contributed by atoms with E-state index in [-0.39, 0.29) is 0 Å². The van der Waals surface area contributed by atoms with Crippen LogP contribution in [0.5, 0.6) is 5.75 Å². The zero-order valence-electron chi connectivity index (χ0n) is 15.3. The van der Waals surface area contributed by atoms with Crippen LogP contribution >= 0.6 is 34.8 Å². The van der Waals surface area contributed by atoms with Crippen LogP contribution < -0.4 is 10.4 Å². The van der Waals surface area contributed by atoms with E-state index in [1.807, 2.05) is 37.3 Å². The van der Waals surface area contributed by atoms with E-state index in [2.05, 4.69) is 0 Å². The number of hydrogen-bond donors (Lipinski definition) is 0. The molecule has 6 heteroatoms. The van der Waals surface area contributed by atoms with Crippen LogP contribution in [0.15, 0.2) is 69.9 Å². The second-order valence-electron chi connectivity index (χ2n) is 6.59. The van der Waals surface area contributed by atoms with E-state index in [0.717, 1.165) is 22.1 Å². The van der Waals surface area contributed by atoms with Gasteiger partial charge in [0.25, 0.3) is 0 Å². The lowest BCUT2D eigenvalue weighted by Crippen LogP contribution is -2.06. The predicted molar refractivity (Wildman–Crippen MR) is 118 cm³/mol. The number of fused-ring (bicyclic) bond motifs is 1. The van der Waals surface area contributed by atoms with Gasteiger partial charge >= 0.3 is 5.63 Å². The minimum Gasteiger partial charge on any atom is -0.489 e. The van der Waals surface area contributed by atoms with E-state index < -0.39 is 5.63 Å². The Kier molecular flexibility index (Phi) is 5.55. The molecule has 0 radical (unpaired) electrons. The van der Waals surface area contributed by atoms with Gasteiger partial charge in [0.15, 0.2) is 0 Å². The lowest BCUT2D eigenvalue weighted by atomic mass is 10.00. The van der Waals surface area contributed by atoms with Gasteiger partial charge in [0.05, 0.1) is 15.6 Å². The fourth-order valence-corrected chi connectivity index (χ4v) is 3.62. The van der Waals surface area contributed by atoms with Gasteiger partial charge in [-0.1, -0.05) is 53.0 Å². The first-order valence-corrected chi connectivity index (χ1v) is 9.96. The number of rotatable bonds is 4. The maximum Gasteiger partial charge on any atom is 0.344 e. The molecule has 0 aliphatic rings. The molecular weight excluding hydrogens is 431 g/mol. The highest BCUT2D eigenvalue weighted by atomic mass is 35.5. The molecule has 0 saturated heterocycles. The van der Waals surface area contributed by atoms with Crippen molar-refractivity contribution in [3.05, 3.63) is 97.3 Å². The molecule has 0 amide bonds. The molecule has 1 heterocycles. The Hall–Kier alpha value is -2.46. The minimum absolute atomic E-state index is 0.314. The molecule has 146 valence electrons. The first-order valence-electron chi connectivity index (χ1n) is 8.82. The summed E-state index contributed by atoms with van der Waals surface area (Å²) in [6.07, 6.45) is 0. The van der Waals surface area contributed by atoms with Gasteiger partial charge in [0.2, 0.25) is 0 Å². The van der Waals surface area contributed by atoms with Gasteiger partial charge in [-0.05, 0) is 60.0 Å². The van der Waals surface area contributed by atoms with Crippen LogP contribution in [0.25, 0.3) is 22.1 Å². The van der Waals surface area contributed by atoms with Crippen LogP contribution in [0.3, 0.4) is 0 Å². The Morgan fingerprint density at radius 2 is 1.66 bits per heavy atom. The number of ether oxygens (including phenoxy) is 1. The summed E-state index contributed by atoms with van der Waals surface area (Å²) in [6, 6.07) is 17.9. The van der Waals surface area contributed by atoms with Crippen molar-refractivity contribution in [2.24, 2.45) is 0 Å². The molecular formula is C23H15Cl3O3. The van der Waals surface area contributed by atoms with E-state index in [4.69, 9.17) is 44.0 Å². The fraction of sp³-hybridized carbons (Fsp3) is 0.0870. The lowest BCUT2D eigenvalue weighted by Gasteiger charge is -2.11. The summed E-state index contributed by atoms with van der Waals surface area (Å²) >= 11 is 17.9. The Morgan fingerprint density at radius 3 is 2.38 bits per heavy atom. The summed E-state index contributed by atoms with van der Waals surface area (Å²) in [6.45, 7) is 2.22. The Labute approximate surface area is 182 Å². The molecule has 1 aromatic heterocycles. The fourth-order valence-electron chi connectivity index (χ4n) is 3.17. The zero-order valence-corrected chi connectivity index (χ0v) is 17.6. The zero-order chi connectivity index (χ0) is 20.5. The van der Waals surface area contributed by atoms with E-state index in [1.54, 1.807) is 30.3 Å². The van der Waals surface area contributed by atoms with Gasteiger partial charge < -0.3 is 9.15 Å². The Bertz CT molecular complexity index is 1260. The molecule has 0 spiro atoms. The van der Waals surface area contributed by atoms with Crippen molar-refractivity contribution >= 4 is 45.8 Å². The van der Waals surface area contributed by atoms with E-state index >= 15 is 0 Å². The average Bonchev–Trinajstić information content (AvgIpc) is 2.70. The Morgan fingerprint density at radius 1 is 0.897 bits per heavy atom. The van der Waals surface area contributed by atoms with Crippen LogP contribution in [-0.2, 0) is 6.61 Å². The first kappa shape index (κ1) is 19.8. The molecule has 3 nitrogen and oxygen atoms in total. The largest absolute Gasteiger partial charge is 0.489 e. The van der Waals surface area contributed by atoms with E-state index in [0.29, 0.717) is 38.6 Å². The highest BCUT2D eigenvalue weighted by molar-refractivity contribution is 6.42. The third-order valence-electron chi connectivity index (χ3n) is 4.66.